The predicted molar refractivity (Wildman–Crippen MR) is 113 cm³/mol. The van der Waals surface area contributed by atoms with Gasteiger partial charge in [-0.3, -0.25) is 14.9 Å². The summed E-state index contributed by atoms with van der Waals surface area (Å²) in [5.41, 5.74) is 0.371. The van der Waals surface area contributed by atoms with Gasteiger partial charge in [-0.2, -0.15) is 4.31 Å². The largest absolute Gasteiger partial charge is 0.339 e. The number of nitro groups is 1. The first-order chi connectivity index (χ1) is 14.0. The fourth-order valence-electron chi connectivity index (χ4n) is 3.65. The van der Waals surface area contributed by atoms with E-state index >= 15 is 0 Å². The summed E-state index contributed by atoms with van der Waals surface area (Å²) in [5.74, 6) is -0.0445. The van der Waals surface area contributed by atoms with Crippen molar-refractivity contribution >= 4 is 21.6 Å². The molecule has 1 aliphatic rings. The summed E-state index contributed by atoms with van der Waals surface area (Å²) in [6, 6.07) is 13.3. The van der Waals surface area contributed by atoms with Gasteiger partial charge < -0.3 is 4.90 Å². The average Bonchev–Trinajstić information content (AvgIpc) is 2.73. The third-order valence-corrected chi connectivity index (χ3v) is 7.45. The third-order valence-electron chi connectivity index (χ3n) is 5.56. The van der Waals surface area contributed by atoms with Crippen molar-refractivity contribution in [3.8, 4) is 0 Å². The van der Waals surface area contributed by atoms with Crippen molar-refractivity contribution in [1.82, 2.24) is 9.21 Å². The highest BCUT2D eigenvalue weighted by atomic mass is 32.2. The second kappa shape index (κ2) is 8.16. The minimum Gasteiger partial charge on any atom is -0.339 e. The van der Waals surface area contributed by atoms with Crippen LogP contribution in [0.15, 0.2) is 53.4 Å². The predicted octanol–water partition coefficient (Wildman–Crippen LogP) is 2.71. The SMILES string of the molecule is Cc1cc(S(=O)(=O)N2CCN(C(=O)C(C)(C)c3ccccc3)CC2)ccc1[N+](=O)[O-]. The average molecular weight is 432 g/mol. The molecule has 0 atom stereocenters. The van der Waals surface area contributed by atoms with E-state index in [4.69, 9.17) is 0 Å². The lowest BCUT2D eigenvalue weighted by Gasteiger charge is -2.38. The van der Waals surface area contributed by atoms with Crippen LogP contribution in [0.25, 0.3) is 0 Å². The molecule has 1 amide bonds. The van der Waals surface area contributed by atoms with Gasteiger partial charge in [0.15, 0.2) is 0 Å². The second-order valence-corrected chi connectivity index (χ2v) is 9.83. The number of sulfonamides is 1. The Bertz CT molecular complexity index is 1060. The number of benzene rings is 2. The Balaban J connectivity index is 1.72. The van der Waals surface area contributed by atoms with E-state index in [1.165, 1.54) is 29.4 Å². The molecular weight excluding hydrogens is 406 g/mol. The summed E-state index contributed by atoms with van der Waals surface area (Å²) < 4.78 is 27.3. The number of hydrogen-bond donors (Lipinski definition) is 0. The lowest BCUT2D eigenvalue weighted by Crippen LogP contribution is -2.54. The fourth-order valence-corrected chi connectivity index (χ4v) is 5.16. The fraction of sp³-hybridized carbons (Fsp3) is 0.381. The number of nitrogens with zero attached hydrogens (tertiary/aromatic N) is 3. The number of rotatable bonds is 5. The van der Waals surface area contributed by atoms with Crippen LogP contribution in [0.5, 0.6) is 0 Å². The molecule has 0 bridgehead atoms. The van der Waals surface area contributed by atoms with Crippen LogP contribution in [-0.4, -0.2) is 54.6 Å². The van der Waals surface area contributed by atoms with Crippen LogP contribution < -0.4 is 0 Å². The van der Waals surface area contributed by atoms with Crippen LogP contribution >= 0.6 is 0 Å². The molecule has 0 radical (unpaired) electrons. The van der Waals surface area contributed by atoms with Crippen molar-refractivity contribution < 1.29 is 18.1 Å². The molecule has 0 aliphatic carbocycles. The lowest BCUT2D eigenvalue weighted by molar-refractivity contribution is -0.385. The van der Waals surface area contributed by atoms with Crippen LogP contribution in [0.1, 0.15) is 25.0 Å². The highest BCUT2D eigenvalue weighted by Crippen LogP contribution is 2.28. The minimum atomic E-state index is -3.79. The normalized spacial score (nSPS) is 15.8. The van der Waals surface area contributed by atoms with E-state index in [9.17, 15) is 23.3 Å². The minimum absolute atomic E-state index is 0.0231. The maximum Gasteiger partial charge on any atom is 0.272 e. The third kappa shape index (κ3) is 4.08. The highest BCUT2D eigenvalue weighted by Gasteiger charge is 2.37. The van der Waals surface area contributed by atoms with Crippen molar-refractivity contribution in [2.24, 2.45) is 0 Å². The molecule has 0 spiro atoms. The van der Waals surface area contributed by atoms with Gasteiger partial charge in [0.25, 0.3) is 5.69 Å². The van der Waals surface area contributed by atoms with E-state index in [1.807, 2.05) is 44.2 Å². The smallest absolute Gasteiger partial charge is 0.272 e. The van der Waals surface area contributed by atoms with Crippen LogP contribution in [0.3, 0.4) is 0 Å². The van der Waals surface area contributed by atoms with Gasteiger partial charge in [0.2, 0.25) is 15.9 Å². The molecule has 1 aliphatic heterocycles. The topological polar surface area (TPSA) is 101 Å². The zero-order valence-corrected chi connectivity index (χ0v) is 18.1. The van der Waals surface area contributed by atoms with E-state index < -0.39 is 20.4 Å². The molecule has 1 saturated heterocycles. The molecule has 9 heteroatoms. The molecule has 8 nitrogen and oxygen atoms in total. The van der Waals surface area contributed by atoms with Crippen LogP contribution in [-0.2, 0) is 20.2 Å². The summed E-state index contributed by atoms with van der Waals surface area (Å²) in [6.07, 6.45) is 0. The number of hydrogen-bond acceptors (Lipinski definition) is 5. The van der Waals surface area contributed by atoms with Crippen molar-refractivity contribution in [1.29, 1.82) is 0 Å². The van der Waals surface area contributed by atoms with Crippen molar-refractivity contribution in [2.75, 3.05) is 26.2 Å². The van der Waals surface area contributed by atoms with Crippen LogP contribution in [0.4, 0.5) is 5.69 Å². The number of carbonyl (C=O) groups excluding carboxylic acids is 1. The van der Waals surface area contributed by atoms with E-state index in [1.54, 1.807) is 4.90 Å². The Labute approximate surface area is 176 Å². The zero-order valence-electron chi connectivity index (χ0n) is 17.2. The van der Waals surface area contributed by atoms with E-state index in [0.29, 0.717) is 18.7 Å². The molecule has 2 aromatic carbocycles. The van der Waals surface area contributed by atoms with Gasteiger partial charge in [-0.1, -0.05) is 30.3 Å². The monoisotopic (exact) mass is 431 g/mol. The van der Waals surface area contributed by atoms with Crippen molar-refractivity contribution in [3.63, 3.8) is 0 Å². The van der Waals surface area contributed by atoms with Gasteiger partial charge in [-0.25, -0.2) is 8.42 Å². The van der Waals surface area contributed by atoms with Gasteiger partial charge in [-0.05, 0) is 38.5 Å². The van der Waals surface area contributed by atoms with Gasteiger partial charge >= 0.3 is 0 Å². The summed E-state index contributed by atoms with van der Waals surface area (Å²) in [5, 5.41) is 11.0. The van der Waals surface area contributed by atoms with Crippen molar-refractivity contribution in [2.45, 2.75) is 31.1 Å². The highest BCUT2D eigenvalue weighted by molar-refractivity contribution is 7.89. The molecular formula is C21H25N3O5S. The number of aryl methyl sites for hydroxylation is 1. The van der Waals surface area contributed by atoms with Crippen LogP contribution in [0.2, 0.25) is 0 Å². The Kier molecular flexibility index (Phi) is 5.96. The van der Waals surface area contributed by atoms with Crippen LogP contribution in [0, 0.1) is 17.0 Å². The number of piperazine rings is 1. The standard InChI is InChI=1S/C21H25N3O5S/c1-16-15-18(9-10-19(16)24(26)27)30(28,29)23-13-11-22(12-14-23)20(25)21(2,3)17-7-5-4-6-8-17/h4-10,15H,11-14H2,1-3H3. The lowest BCUT2D eigenvalue weighted by atomic mass is 9.83. The molecule has 1 heterocycles. The molecule has 160 valence electrons. The summed E-state index contributed by atoms with van der Waals surface area (Å²) >= 11 is 0. The summed E-state index contributed by atoms with van der Waals surface area (Å²) in [6.45, 7) is 6.19. The Hall–Kier alpha value is -2.78. The number of amides is 1. The zero-order chi connectivity index (χ0) is 22.1. The van der Waals surface area contributed by atoms with Gasteiger partial charge in [-0.15, -0.1) is 0 Å². The number of nitro benzene ring substituents is 1. The Morgan fingerprint density at radius 1 is 1.03 bits per heavy atom. The van der Waals surface area contributed by atoms with Gasteiger partial charge in [0.1, 0.15) is 0 Å². The molecule has 1 fully saturated rings. The molecule has 0 saturated carbocycles. The quantitative estimate of drug-likeness (QED) is 0.535. The first kappa shape index (κ1) is 21.9. The van der Waals surface area contributed by atoms with Gasteiger partial charge in [0.05, 0.1) is 15.2 Å². The number of carbonyl (C=O) groups is 1. The molecule has 3 rings (SSSR count). The summed E-state index contributed by atoms with van der Waals surface area (Å²) in [7, 11) is -3.79. The molecule has 30 heavy (non-hydrogen) atoms. The van der Waals surface area contributed by atoms with E-state index in [0.717, 1.165) is 5.56 Å². The molecule has 2 aromatic rings. The van der Waals surface area contributed by atoms with Gasteiger partial charge in [0, 0.05) is 37.8 Å². The second-order valence-electron chi connectivity index (χ2n) is 7.89. The van der Waals surface area contributed by atoms with Crippen molar-refractivity contribution in [3.05, 3.63) is 69.8 Å². The molecule has 0 aromatic heterocycles. The Morgan fingerprint density at radius 3 is 2.17 bits per heavy atom. The maximum atomic E-state index is 13.1. The summed E-state index contributed by atoms with van der Waals surface area (Å²) in [4.78, 5) is 25.2. The first-order valence-corrected chi connectivity index (χ1v) is 11.1. The molecule has 0 unspecified atom stereocenters. The van der Waals surface area contributed by atoms with E-state index in [-0.39, 0.29) is 29.6 Å². The van der Waals surface area contributed by atoms with E-state index in [2.05, 4.69) is 0 Å². The Morgan fingerprint density at radius 2 is 1.63 bits per heavy atom. The maximum absolute atomic E-state index is 13.1. The first-order valence-electron chi connectivity index (χ1n) is 9.65. The molecule has 0 N–H and O–H groups in total.